The van der Waals surface area contributed by atoms with Gasteiger partial charge in [0.2, 0.25) is 11.8 Å². The summed E-state index contributed by atoms with van der Waals surface area (Å²) in [6.07, 6.45) is 2.67. The largest absolute Gasteiger partial charge is 0.350 e. The van der Waals surface area contributed by atoms with Gasteiger partial charge in [-0.3, -0.25) is 9.59 Å². The number of hydrogen-bond acceptors (Lipinski definition) is 5. The van der Waals surface area contributed by atoms with Crippen LogP contribution in [-0.2, 0) is 29.2 Å². The standard InChI is InChI=1S/C18H27N5O5/c1-7-9-21-15(26)22(10-8-2)17(28)23(16(21)27)12-14(25)20(6)11-13(24)19-18(3,4)5/h7-8H,1-2,9-12H2,3-6H3,(H,19,24). The lowest BCUT2D eigenvalue weighted by molar-refractivity contribution is -0.135. The number of amides is 2. The van der Waals surface area contributed by atoms with Crippen molar-refractivity contribution in [1.82, 2.24) is 23.9 Å². The molecule has 28 heavy (non-hydrogen) atoms. The third-order valence-electron chi connectivity index (χ3n) is 3.62. The second kappa shape index (κ2) is 9.16. The molecule has 0 unspecified atom stereocenters. The summed E-state index contributed by atoms with van der Waals surface area (Å²) >= 11 is 0. The Balaban J connectivity index is 3.21. The molecule has 0 fully saturated rings. The van der Waals surface area contributed by atoms with Crippen LogP contribution in [0.3, 0.4) is 0 Å². The van der Waals surface area contributed by atoms with Crippen molar-refractivity contribution in [1.29, 1.82) is 0 Å². The van der Waals surface area contributed by atoms with Crippen LogP contribution < -0.4 is 22.4 Å². The molecule has 1 N–H and O–H groups in total. The fourth-order valence-electron chi connectivity index (χ4n) is 2.41. The summed E-state index contributed by atoms with van der Waals surface area (Å²) in [6, 6.07) is 0. The third kappa shape index (κ3) is 5.66. The summed E-state index contributed by atoms with van der Waals surface area (Å²) in [5, 5.41) is 2.72. The average Bonchev–Trinajstić information content (AvgIpc) is 2.57. The van der Waals surface area contributed by atoms with E-state index in [0.29, 0.717) is 4.57 Å². The maximum atomic E-state index is 12.5. The second-order valence-corrected chi connectivity index (χ2v) is 7.28. The Morgan fingerprint density at radius 1 is 0.964 bits per heavy atom. The average molecular weight is 393 g/mol. The van der Waals surface area contributed by atoms with Gasteiger partial charge in [0, 0.05) is 12.6 Å². The molecule has 0 aliphatic carbocycles. The molecule has 2 amide bonds. The molecule has 1 aromatic heterocycles. The lowest BCUT2D eigenvalue weighted by atomic mass is 10.1. The first-order valence-corrected chi connectivity index (χ1v) is 8.64. The zero-order chi connectivity index (χ0) is 21.6. The Morgan fingerprint density at radius 2 is 1.39 bits per heavy atom. The highest BCUT2D eigenvalue weighted by Gasteiger charge is 2.21. The van der Waals surface area contributed by atoms with Crippen molar-refractivity contribution in [3.63, 3.8) is 0 Å². The highest BCUT2D eigenvalue weighted by atomic mass is 16.2. The molecule has 0 saturated carbocycles. The summed E-state index contributed by atoms with van der Waals surface area (Å²) in [6.45, 7) is 11.3. The van der Waals surface area contributed by atoms with Crippen LogP contribution in [0.4, 0.5) is 0 Å². The van der Waals surface area contributed by atoms with Gasteiger partial charge >= 0.3 is 17.1 Å². The lowest BCUT2D eigenvalue weighted by Crippen LogP contribution is -2.56. The van der Waals surface area contributed by atoms with E-state index in [4.69, 9.17) is 0 Å². The molecule has 0 spiro atoms. The van der Waals surface area contributed by atoms with Crippen molar-refractivity contribution in [2.75, 3.05) is 13.6 Å². The highest BCUT2D eigenvalue weighted by Crippen LogP contribution is 1.98. The minimum absolute atomic E-state index is 0.118. The maximum absolute atomic E-state index is 12.5. The molecule has 10 nitrogen and oxygen atoms in total. The number of hydrogen-bond donors (Lipinski definition) is 1. The van der Waals surface area contributed by atoms with Crippen molar-refractivity contribution < 1.29 is 9.59 Å². The summed E-state index contributed by atoms with van der Waals surface area (Å²) in [5.74, 6) is -1.01. The molecule has 154 valence electrons. The van der Waals surface area contributed by atoms with Crippen LogP contribution in [0.2, 0.25) is 0 Å². The van der Waals surface area contributed by atoms with E-state index >= 15 is 0 Å². The summed E-state index contributed by atoms with van der Waals surface area (Å²) in [7, 11) is 1.39. The van der Waals surface area contributed by atoms with Crippen LogP contribution in [0.25, 0.3) is 0 Å². The molecule has 0 aliphatic rings. The predicted molar refractivity (Wildman–Crippen MR) is 105 cm³/mol. The topological polar surface area (TPSA) is 115 Å². The Labute approximate surface area is 162 Å². The molecule has 1 aromatic rings. The minimum atomic E-state index is -0.920. The normalized spacial score (nSPS) is 11.0. The number of allylic oxidation sites excluding steroid dienone is 2. The fraction of sp³-hybridized carbons (Fsp3) is 0.500. The number of rotatable bonds is 8. The Morgan fingerprint density at radius 3 is 1.79 bits per heavy atom. The minimum Gasteiger partial charge on any atom is -0.350 e. The molecule has 0 saturated heterocycles. The second-order valence-electron chi connectivity index (χ2n) is 7.28. The first-order chi connectivity index (χ1) is 12.9. The monoisotopic (exact) mass is 393 g/mol. The number of likely N-dealkylation sites (N-methyl/N-ethyl adjacent to an activating group) is 1. The molecule has 0 bridgehead atoms. The van der Waals surface area contributed by atoms with Gasteiger partial charge < -0.3 is 10.2 Å². The molecule has 1 heterocycles. The van der Waals surface area contributed by atoms with Gasteiger partial charge in [-0.05, 0) is 20.8 Å². The molecular formula is C18H27N5O5. The van der Waals surface area contributed by atoms with Gasteiger partial charge in [0.15, 0.2) is 0 Å². The summed E-state index contributed by atoms with van der Waals surface area (Å²) in [4.78, 5) is 62.9. The van der Waals surface area contributed by atoms with Gasteiger partial charge in [-0.25, -0.2) is 28.1 Å². The number of carbonyl (C=O) groups excluding carboxylic acids is 2. The Bertz CT molecular complexity index is 897. The van der Waals surface area contributed by atoms with Crippen LogP contribution in [-0.4, -0.2) is 49.5 Å². The van der Waals surface area contributed by atoms with Crippen LogP contribution >= 0.6 is 0 Å². The van der Waals surface area contributed by atoms with E-state index in [9.17, 15) is 24.0 Å². The fourth-order valence-corrected chi connectivity index (χ4v) is 2.41. The number of nitrogens with one attached hydrogen (secondary N) is 1. The quantitative estimate of drug-likeness (QED) is 0.564. The van der Waals surface area contributed by atoms with Crippen molar-refractivity contribution in [3.05, 3.63) is 56.8 Å². The van der Waals surface area contributed by atoms with Crippen molar-refractivity contribution in [2.24, 2.45) is 0 Å². The van der Waals surface area contributed by atoms with Crippen LogP contribution in [0.5, 0.6) is 0 Å². The van der Waals surface area contributed by atoms with Gasteiger partial charge in [-0.15, -0.1) is 13.2 Å². The van der Waals surface area contributed by atoms with Gasteiger partial charge in [0.25, 0.3) is 0 Å². The van der Waals surface area contributed by atoms with Crippen LogP contribution in [0.15, 0.2) is 39.7 Å². The smallest absolute Gasteiger partial charge is 0.337 e. The zero-order valence-corrected chi connectivity index (χ0v) is 16.7. The number of carbonyl (C=O) groups is 2. The number of nitrogens with zero attached hydrogens (tertiary/aromatic N) is 4. The molecule has 0 aromatic carbocycles. The van der Waals surface area contributed by atoms with E-state index < -0.39 is 35.1 Å². The van der Waals surface area contributed by atoms with E-state index in [-0.39, 0.29) is 25.5 Å². The van der Waals surface area contributed by atoms with Gasteiger partial charge in [-0.2, -0.15) is 0 Å². The summed E-state index contributed by atoms with van der Waals surface area (Å²) < 4.78 is 2.27. The zero-order valence-electron chi connectivity index (χ0n) is 16.7. The summed E-state index contributed by atoms with van der Waals surface area (Å²) in [5.41, 5.74) is -3.11. The molecule has 0 atom stereocenters. The van der Waals surface area contributed by atoms with Crippen LogP contribution in [0.1, 0.15) is 20.8 Å². The molecular weight excluding hydrogens is 366 g/mol. The van der Waals surface area contributed by atoms with Crippen molar-refractivity contribution in [3.8, 4) is 0 Å². The van der Waals surface area contributed by atoms with E-state index in [1.54, 1.807) is 20.8 Å². The maximum Gasteiger partial charge on any atom is 0.337 e. The molecule has 0 aliphatic heterocycles. The first-order valence-electron chi connectivity index (χ1n) is 8.64. The SMILES string of the molecule is C=CCn1c(=O)n(CC=C)c(=O)n(CC(=O)N(C)CC(=O)NC(C)(C)C)c1=O. The van der Waals surface area contributed by atoms with E-state index in [2.05, 4.69) is 18.5 Å². The van der Waals surface area contributed by atoms with E-state index in [0.717, 1.165) is 14.0 Å². The number of aromatic nitrogens is 3. The van der Waals surface area contributed by atoms with Gasteiger partial charge in [0.05, 0.1) is 19.6 Å². The van der Waals surface area contributed by atoms with Crippen molar-refractivity contribution >= 4 is 11.8 Å². The van der Waals surface area contributed by atoms with E-state index in [1.165, 1.54) is 19.2 Å². The highest BCUT2D eigenvalue weighted by molar-refractivity contribution is 5.84. The van der Waals surface area contributed by atoms with Gasteiger partial charge in [0.1, 0.15) is 6.54 Å². The third-order valence-corrected chi connectivity index (χ3v) is 3.62. The molecule has 0 radical (unpaired) electrons. The first kappa shape index (κ1) is 22.9. The molecule has 1 rings (SSSR count). The van der Waals surface area contributed by atoms with Gasteiger partial charge in [-0.1, -0.05) is 12.2 Å². The Hall–Kier alpha value is -3.17. The van der Waals surface area contributed by atoms with Crippen molar-refractivity contribution in [2.45, 2.75) is 45.9 Å². The predicted octanol–water partition coefficient (Wildman–Crippen LogP) is -1.08. The lowest BCUT2D eigenvalue weighted by Gasteiger charge is -2.23. The van der Waals surface area contributed by atoms with E-state index in [1.807, 2.05) is 0 Å². The Kier molecular flexibility index (Phi) is 7.48. The molecule has 10 heteroatoms. The van der Waals surface area contributed by atoms with Crippen LogP contribution in [0, 0.1) is 0 Å².